The maximum absolute atomic E-state index is 13.3. The van der Waals surface area contributed by atoms with Crippen molar-refractivity contribution >= 4 is 27.5 Å². The fourth-order valence-electron chi connectivity index (χ4n) is 4.02. The van der Waals surface area contributed by atoms with Crippen LogP contribution < -0.4 is 11.2 Å². The number of carbonyl (C=O) groups is 1. The minimum Gasteiger partial charge on any atom is -0.468 e. The lowest BCUT2D eigenvalue weighted by Gasteiger charge is -2.29. The zero-order valence-electron chi connectivity index (χ0n) is 18.0. The molecule has 0 unspecified atom stereocenters. The maximum atomic E-state index is 13.3. The van der Waals surface area contributed by atoms with Crippen LogP contribution in [-0.2, 0) is 46.8 Å². The number of rotatable bonds is 6. The van der Waals surface area contributed by atoms with Gasteiger partial charge in [-0.3, -0.25) is 14.2 Å². The summed E-state index contributed by atoms with van der Waals surface area (Å²) in [6, 6.07) is 10.1. The van der Waals surface area contributed by atoms with E-state index in [1.807, 2.05) is 32.0 Å². The summed E-state index contributed by atoms with van der Waals surface area (Å²) in [6.45, 7) is 4.45. The van der Waals surface area contributed by atoms with Gasteiger partial charge in [-0.1, -0.05) is 30.3 Å². The highest BCUT2D eigenvalue weighted by atomic mass is 32.1. The number of ether oxygens (including phenoxy) is 2. The SMILES string of the molecule is COC(=O)Cn1c(=O)c2c3c(sc2n(CCCc2ccccc2)c1=O)COC(C)(C)C3. The summed E-state index contributed by atoms with van der Waals surface area (Å²) in [5.74, 6) is -0.623. The number of fused-ring (bicyclic) bond motifs is 3. The van der Waals surface area contributed by atoms with Gasteiger partial charge in [-0.15, -0.1) is 11.3 Å². The Morgan fingerprint density at radius 1 is 1.19 bits per heavy atom. The molecule has 31 heavy (non-hydrogen) atoms. The molecular formula is C23H26N2O5S. The van der Waals surface area contributed by atoms with Crippen molar-refractivity contribution in [3.05, 3.63) is 67.2 Å². The second-order valence-electron chi connectivity index (χ2n) is 8.40. The van der Waals surface area contributed by atoms with E-state index in [0.717, 1.165) is 27.8 Å². The van der Waals surface area contributed by atoms with E-state index < -0.39 is 29.4 Å². The number of methoxy groups -OCH3 is 1. The molecule has 1 aliphatic rings. The van der Waals surface area contributed by atoms with Gasteiger partial charge in [-0.2, -0.15) is 0 Å². The molecule has 1 aliphatic heterocycles. The standard InChI is InChI=1S/C23H26N2O5S/c1-23(2)12-16-17(14-30-23)31-21-19(16)20(27)25(13-18(26)29-3)22(28)24(21)11-7-10-15-8-5-4-6-9-15/h4-6,8-9H,7,10-14H2,1-3H3. The van der Waals surface area contributed by atoms with E-state index >= 15 is 0 Å². The van der Waals surface area contributed by atoms with Crippen LogP contribution in [0.3, 0.4) is 0 Å². The number of hydrogen-bond acceptors (Lipinski definition) is 6. The normalized spacial score (nSPS) is 15.1. The van der Waals surface area contributed by atoms with Crippen LogP contribution >= 0.6 is 11.3 Å². The molecule has 0 atom stereocenters. The second-order valence-corrected chi connectivity index (χ2v) is 9.48. The van der Waals surface area contributed by atoms with Gasteiger partial charge in [-0.25, -0.2) is 9.36 Å². The van der Waals surface area contributed by atoms with Crippen molar-refractivity contribution in [1.82, 2.24) is 9.13 Å². The van der Waals surface area contributed by atoms with Crippen LogP contribution in [0.4, 0.5) is 0 Å². The molecule has 0 saturated carbocycles. The largest absolute Gasteiger partial charge is 0.468 e. The monoisotopic (exact) mass is 442 g/mol. The Balaban J connectivity index is 1.81. The number of thiophene rings is 1. The summed E-state index contributed by atoms with van der Waals surface area (Å²) in [4.78, 5) is 40.1. The lowest BCUT2D eigenvalue weighted by atomic mass is 9.94. The molecule has 4 rings (SSSR count). The van der Waals surface area contributed by atoms with E-state index in [2.05, 4.69) is 12.1 Å². The highest BCUT2D eigenvalue weighted by Crippen LogP contribution is 2.37. The number of aryl methyl sites for hydroxylation is 2. The van der Waals surface area contributed by atoms with E-state index in [1.165, 1.54) is 24.0 Å². The van der Waals surface area contributed by atoms with Crippen molar-refractivity contribution in [2.24, 2.45) is 0 Å². The molecule has 3 aromatic rings. The lowest BCUT2D eigenvalue weighted by molar-refractivity contribution is -0.141. The van der Waals surface area contributed by atoms with Crippen molar-refractivity contribution in [3.63, 3.8) is 0 Å². The molecule has 0 bridgehead atoms. The van der Waals surface area contributed by atoms with E-state index in [0.29, 0.717) is 29.8 Å². The Kier molecular flexibility index (Phi) is 5.85. The molecule has 0 aliphatic carbocycles. The Bertz CT molecular complexity index is 1240. The zero-order chi connectivity index (χ0) is 22.2. The minimum absolute atomic E-state index is 0.394. The van der Waals surface area contributed by atoms with Gasteiger partial charge in [0.15, 0.2) is 0 Å². The lowest BCUT2D eigenvalue weighted by Crippen LogP contribution is -2.42. The molecule has 8 heteroatoms. The third kappa shape index (κ3) is 4.22. The number of carbonyl (C=O) groups excluding carboxylic acids is 1. The predicted octanol–water partition coefficient (Wildman–Crippen LogP) is 2.88. The molecule has 0 radical (unpaired) electrons. The Morgan fingerprint density at radius 3 is 2.65 bits per heavy atom. The third-order valence-corrected chi connectivity index (χ3v) is 6.87. The average molecular weight is 443 g/mol. The molecule has 1 aromatic carbocycles. The summed E-state index contributed by atoms with van der Waals surface area (Å²) in [6.07, 6.45) is 2.13. The van der Waals surface area contributed by atoms with Gasteiger partial charge >= 0.3 is 11.7 Å². The smallest absolute Gasteiger partial charge is 0.332 e. The second kappa shape index (κ2) is 8.43. The molecule has 0 amide bonds. The van der Waals surface area contributed by atoms with Crippen LogP contribution in [0, 0.1) is 0 Å². The van der Waals surface area contributed by atoms with E-state index in [-0.39, 0.29) is 0 Å². The molecule has 7 nitrogen and oxygen atoms in total. The molecule has 164 valence electrons. The third-order valence-electron chi connectivity index (χ3n) is 5.64. The molecule has 0 spiro atoms. The summed E-state index contributed by atoms with van der Waals surface area (Å²) in [7, 11) is 1.25. The molecule has 3 heterocycles. The zero-order valence-corrected chi connectivity index (χ0v) is 18.8. The molecule has 0 fully saturated rings. The van der Waals surface area contributed by atoms with Crippen molar-refractivity contribution < 1.29 is 14.3 Å². The molecular weight excluding hydrogens is 416 g/mol. The van der Waals surface area contributed by atoms with Crippen molar-refractivity contribution in [3.8, 4) is 0 Å². The Labute approximate surface area is 183 Å². The quantitative estimate of drug-likeness (QED) is 0.549. The Morgan fingerprint density at radius 2 is 1.94 bits per heavy atom. The molecule has 0 N–H and O–H groups in total. The van der Waals surface area contributed by atoms with Crippen LogP contribution in [0.15, 0.2) is 39.9 Å². The van der Waals surface area contributed by atoms with Crippen LogP contribution in [-0.4, -0.2) is 27.8 Å². The van der Waals surface area contributed by atoms with Crippen molar-refractivity contribution in [1.29, 1.82) is 0 Å². The molecule has 2 aromatic heterocycles. The number of aromatic nitrogens is 2. The number of hydrogen-bond donors (Lipinski definition) is 0. The van der Waals surface area contributed by atoms with Gasteiger partial charge in [0, 0.05) is 17.8 Å². The average Bonchev–Trinajstić information content (AvgIpc) is 3.11. The number of benzene rings is 1. The van der Waals surface area contributed by atoms with Crippen LogP contribution in [0.5, 0.6) is 0 Å². The Hall–Kier alpha value is -2.71. The van der Waals surface area contributed by atoms with Crippen LogP contribution in [0.1, 0.15) is 36.3 Å². The molecule has 0 saturated heterocycles. The van der Waals surface area contributed by atoms with E-state index in [4.69, 9.17) is 9.47 Å². The van der Waals surface area contributed by atoms with Gasteiger partial charge in [0.2, 0.25) is 0 Å². The summed E-state index contributed by atoms with van der Waals surface area (Å²) < 4.78 is 13.3. The van der Waals surface area contributed by atoms with Gasteiger partial charge in [-0.05, 0) is 37.8 Å². The van der Waals surface area contributed by atoms with Gasteiger partial charge in [0.1, 0.15) is 11.4 Å². The van der Waals surface area contributed by atoms with Crippen molar-refractivity contribution in [2.45, 2.75) is 58.4 Å². The minimum atomic E-state index is -0.623. The first kappa shape index (κ1) is 21.5. The van der Waals surface area contributed by atoms with Gasteiger partial charge in [0.25, 0.3) is 5.56 Å². The van der Waals surface area contributed by atoms with Crippen LogP contribution in [0.25, 0.3) is 10.2 Å². The predicted molar refractivity (Wildman–Crippen MR) is 120 cm³/mol. The summed E-state index contributed by atoms with van der Waals surface area (Å²) >= 11 is 1.44. The van der Waals surface area contributed by atoms with Gasteiger partial charge in [0.05, 0.1) is 24.7 Å². The van der Waals surface area contributed by atoms with Crippen LogP contribution in [0.2, 0.25) is 0 Å². The number of esters is 1. The highest BCUT2D eigenvalue weighted by Gasteiger charge is 2.32. The van der Waals surface area contributed by atoms with E-state index in [9.17, 15) is 14.4 Å². The first-order valence-corrected chi connectivity index (χ1v) is 11.1. The van der Waals surface area contributed by atoms with E-state index in [1.54, 1.807) is 4.57 Å². The fourth-order valence-corrected chi connectivity index (χ4v) is 5.26. The maximum Gasteiger partial charge on any atom is 0.332 e. The first-order valence-electron chi connectivity index (χ1n) is 10.3. The summed E-state index contributed by atoms with van der Waals surface area (Å²) in [5, 5.41) is 0.527. The first-order chi connectivity index (χ1) is 14.8. The highest BCUT2D eigenvalue weighted by molar-refractivity contribution is 7.18. The topological polar surface area (TPSA) is 79.5 Å². The van der Waals surface area contributed by atoms with Crippen molar-refractivity contribution in [2.75, 3.05) is 7.11 Å². The van der Waals surface area contributed by atoms with Gasteiger partial charge < -0.3 is 9.47 Å². The summed E-state index contributed by atoms with van der Waals surface area (Å²) in [5.41, 5.74) is 0.816. The number of nitrogens with zero attached hydrogens (tertiary/aromatic N) is 2. The fraction of sp³-hybridized carbons (Fsp3) is 0.435.